The number of benzene rings is 2. The SMILES string of the molecule is Cn1cc(Nc2ccc(C(=O)O)c3ccccc23)cn1. The fourth-order valence-corrected chi connectivity index (χ4v) is 2.24. The number of rotatable bonds is 3. The molecule has 0 aliphatic heterocycles. The lowest BCUT2D eigenvalue weighted by Crippen LogP contribution is -1.99. The van der Waals surface area contributed by atoms with Crippen LogP contribution in [0.5, 0.6) is 0 Å². The van der Waals surface area contributed by atoms with Gasteiger partial charge in [-0.05, 0) is 17.5 Å². The number of fused-ring (bicyclic) bond motifs is 1. The average Bonchev–Trinajstić information content (AvgIpc) is 2.84. The van der Waals surface area contributed by atoms with Gasteiger partial charge in [-0.2, -0.15) is 5.10 Å². The van der Waals surface area contributed by atoms with Crippen molar-refractivity contribution in [1.82, 2.24) is 9.78 Å². The quantitative estimate of drug-likeness (QED) is 0.765. The van der Waals surface area contributed by atoms with Crippen LogP contribution < -0.4 is 5.32 Å². The Kier molecular flexibility index (Phi) is 2.87. The predicted octanol–water partition coefficient (Wildman–Crippen LogP) is 3.02. The van der Waals surface area contributed by atoms with Crippen molar-refractivity contribution >= 4 is 28.1 Å². The van der Waals surface area contributed by atoms with Crippen molar-refractivity contribution in [3.8, 4) is 0 Å². The van der Waals surface area contributed by atoms with Gasteiger partial charge in [0.15, 0.2) is 0 Å². The zero-order valence-electron chi connectivity index (χ0n) is 10.9. The standard InChI is InChI=1S/C15H13N3O2/c1-18-9-10(8-16-18)17-14-7-6-13(15(19)20)11-4-2-3-5-12(11)14/h2-9,17H,1H3,(H,19,20). The number of hydrogen-bond acceptors (Lipinski definition) is 3. The lowest BCUT2D eigenvalue weighted by molar-refractivity contribution is 0.0699. The van der Waals surface area contributed by atoms with Crippen LogP contribution in [0.15, 0.2) is 48.8 Å². The second-order valence-electron chi connectivity index (χ2n) is 4.54. The molecule has 0 amide bonds. The van der Waals surface area contributed by atoms with Crippen molar-refractivity contribution in [3.63, 3.8) is 0 Å². The summed E-state index contributed by atoms with van der Waals surface area (Å²) >= 11 is 0. The van der Waals surface area contributed by atoms with Crippen LogP contribution >= 0.6 is 0 Å². The minimum absolute atomic E-state index is 0.303. The van der Waals surface area contributed by atoms with Crippen LogP contribution in [0, 0.1) is 0 Å². The maximum atomic E-state index is 11.3. The molecule has 0 aliphatic rings. The number of nitrogens with zero attached hydrogens (tertiary/aromatic N) is 2. The Morgan fingerprint density at radius 1 is 1.20 bits per heavy atom. The zero-order chi connectivity index (χ0) is 14.1. The molecule has 2 N–H and O–H groups in total. The molecule has 0 bridgehead atoms. The number of aryl methyl sites for hydroxylation is 1. The molecule has 3 rings (SSSR count). The number of aromatic carboxylic acids is 1. The third-order valence-corrected chi connectivity index (χ3v) is 3.14. The average molecular weight is 267 g/mol. The largest absolute Gasteiger partial charge is 0.478 e. The molecule has 0 unspecified atom stereocenters. The zero-order valence-corrected chi connectivity index (χ0v) is 10.9. The van der Waals surface area contributed by atoms with Gasteiger partial charge in [0.1, 0.15) is 0 Å². The fourth-order valence-electron chi connectivity index (χ4n) is 2.24. The minimum atomic E-state index is -0.922. The van der Waals surface area contributed by atoms with Crippen molar-refractivity contribution in [2.75, 3.05) is 5.32 Å². The van der Waals surface area contributed by atoms with Crippen LogP contribution in [0.4, 0.5) is 11.4 Å². The normalized spacial score (nSPS) is 10.7. The first-order valence-electron chi connectivity index (χ1n) is 6.16. The highest BCUT2D eigenvalue weighted by atomic mass is 16.4. The van der Waals surface area contributed by atoms with Gasteiger partial charge in [0, 0.05) is 24.3 Å². The number of carbonyl (C=O) groups is 1. The van der Waals surface area contributed by atoms with Crippen LogP contribution in [-0.2, 0) is 7.05 Å². The van der Waals surface area contributed by atoms with Gasteiger partial charge in [-0.15, -0.1) is 0 Å². The molecule has 20 heavy (non-hydrogen) atoms. The molecule has 0 atom stereocenters. The van der Waals surface area contributed by atoms with Crippen molar-refractivity contribution in [3.05, 3.63) is 54.4 Å². The molecule has 0 aliphatic carbocycles. The predicted molar refractivity (Wildman–Crippen MR) is 77.4 cm³/mol. The van der Waals surface area contributed by atoms with Crippen LogP contribution in [0.1, 0.15) is 10.4 Å². The summed E-state index contributed by atoms with van der Waals surface area (Å²) in [6.07, 6.45) is 3.58. The monoisotopic (exact) mass is 267 g/mol. The fraction of sp³-hybridized carbons (Fsp3) is 0.0667. The lowest BCUT2D eigenvalue weighted by atomic mass is 10.0. The molecule has 2 aromatic carbocycles. The van der Waals surface area contributed by atoms with E-state index in [4.69, 9.17) is 0 Å². The van der Waals surface area contributed by atoms with E-state index in [1.165, 1.54) is 0 Å². The Balaban J connectivity index is 2.12. The Bertz CT molecular complexity index is 793. The number of hydrogen-bond donors (Lipinski definition) is 2. The van der Waals surface area contributed by atoms with E-state index in [9.17, 15) is 9.90 Å². The van der Waals surface area contributed by atoms with Gasteiger partial charge >= 0.3 is 5.97 Å². The highest BCUT2D eigenvalue weighted by Gasteiger charge is 2.11. The molecule has 0 radical (unpaired) electrons. The van der Waals surface area contributed by atoms with E-state index in [-0.39, 0.29) is 0 Å². The molecular weight excluding hydrogens is 254 g/mol. The smallest absolute Gasteiger partial charge is 0.336 e. The molecule has 3 aromatic rings. The van der Waals surface area contributed by atoms with Crippen molar-refractivity contribution in [1.29, 1.82) is 0 Å². The molecule has 5 heteroatoms. The Hall–Kier alpha value is -2.82. The summed E-state index contributed by atoms with van der Waals surface area (Å²) in [6.45, 7) is 0. The number of carboxylic acid groups (broad SMARTS) is 1. The molecular formula is C15H13N3O2. The Morgan fingerprint density at radius 3 is 2.60 bits per heavy atom. The maximum Gasteiger partial charge on any atom is 0.336 e. The molecule has 100 valence electrons. The van der Waals surface area contributed by atoms with Crippen LogP contribution in [0.3, 0.4) is 0 Å². The van der Waals surface area contributed by atoms with E-state index in [0.717, 1.165) is 16.8 Å². The van der Waals surface area contributed by atoms with E-state index in [1.807, 2.05) is 37.5 Å². The first-order valence-corrected chi connectivity index (χ1v) is 6.16. The van der Waals surface area contributed by atoms with E-state index in [2.05, 4.69) is 10.4 Å². The summed E-state index contributed by atoms with van der Waals surface area (Å²) in [7, 11) is 1.84. The summed E-state index contributed by atoms with van der Waals surface area (Å²) in [6, 6.07) is 10.8. The van der Waals surface area contributed by atoms with E-state index in [0.29, 0.717) is 10.9 Å². The second kappa shape index (κ2) is 4.70. The van der Waals surface area contributed by atoms with Gasteiger partial charge < -0.3 is 10.4 Å². The number of carboxylic acids is 1. The maximum absolute atomic E-state index is 11.3. The molecule has 0 spiro atoms. The highest BCUT2D eigenvalue weighted by Crippen LogP contribution is 2.28. The first kappa shape index (κ1) is 12.2. The molecule has 0 saturated heterocycles. The van der Waals surface area contributed by atoms with E-state index in [1.54, 1.807) is 23.0 Å². The van der Waals surface area contributed by atoms with Crippen LogP contribution in [0.2, 0.25) is 0 Å². The summed E-state index contributed by atoms with van der Waals surface area (Å²) < 4.78 is 1.70. The molecule has 5 nitrogen and oxygen atoms in total. The summed E-state index contributed by atoms with van der Waals surface area (Å²) in [4.78, 5) is 11.3. The molecule has 0 saturated carbocycles. The van der Waals surface area contributed by atoms with Gasteiger partial charge in [-0.25, -0.2) is 4.79 Å². The van der Waals surface area contributed by atoms with Crippen molar-refractivity contribution in [2.45, 2.75) is 0 Å². The van der Waals surface area contributed by atoms with Crippen molar-refractivity contribution < 1.29 is 9.90 Å². The van der Waals surface area contributed by atoms with Crippen LogP contribution in [0.25, 0.3) is 10.8 Å². The minimum Gasteiger partial charge on any atom is -0.478 e. The lowest BCUT2D eigenvalue weighted by Gasteiger charge is -2.10. The summed E-state index contributed by atoms with van der Waals surface area (Å²) in [5, 5.41) is 18.2. The topological polar surface area (TPSA) is 67.2 Å². The van der Waals surface area contributed by atoms with Gasteiger partial charge in [0.2, 0.25) is 0 Å². The summed E-state index contributed by atoms with van der Waals surface area (Å²) in [5.41, 5.74) is 2.02. The van der Waals surface area contributed by atoms with Gasteiger partial charge in [0.25, 0.3) is 0 Å². The third-order valence-electron chi connectivity index (χ3n) is 3.14. The summed E-state index contributed by atoms with van der Waals surface area (Å²) in [5.74, 6) is -0.922. The van der Waals surface area contributed by atoms with E-state index >= 15 is 0 Å². The molecule has 1 heterocycles. The Morgan fingerprint density at radius 2 is 1.95 bits per heavy atom. The van der Waals surface area contributed by atoms with Crippen LogP contribution in [-0.4, -0.2) is 20.9 Å². The van der Waals surface area contributed by atoms with Gasteiger partial charge in [-0.3, -0.25) is 4.68 Å². The third kappa shape index (κ3) is 2.09. The Labute approximate surface area is 115 Å². The number of aromatic nitrogens is 2. The second-order valence-corrected chi connectivity index (χ2v) is 4.54. The van der Waals surface area contributed by atoms with Gasteiger partial charge in [-0.1, -0.05) is 24.3 Å². The molecule has 1 aromatic heterocycles. The first-order chi connectivity index (χ1) is 9.65. The number of anilines is 2. The van der Waals surface area contributed by atoms with Gasteiger partial charge in [0.05, 0.1) is 17.4 Å². The van der Waals surface area contributed by atoms with Crippen molar-refractivity contribution in [2.24, 2.45) is 7.05 Å². The molecule has 0 fully saturated rings. The van der Waals surface area contributed by atoms with E-state index < -0.39 is 5.97 Å². The highest BCUT2D eigenvalue weighted by molar-refractivity contribution is 6.08. The number of nitrogens with one attached hydrogen (secondary N) is 1.